The number of hydrogen-bond acceptors (Lipinski definition) is 5. The summed E-state index contributed by atoms with van der Waals surface area (Å²) in [6.45, 7) is 3.81. The van der Waals surface area contributed by atoms with Crippen LogP contribution < -0.4 is 11.1 Å². The van der Waals surface area contributed by atoms with Gasteiger partial charge in [0.25, 0.3) is 0 Å². The molecule has 0 spiro atoms. The summed E-state index contributed by atoms with van der Waals surface area (Å²) in [6, 6.07) is 4.95. The maximum absolute atomic E-state index is 12.3. The fraction of sp³-hybridized carbons (Fsp3) is 0.529. The summed E-state index contributed by atoms with van der Waals surface area (Å²) < 4.78 is 27.8. The van der Waals surface area contributed by atoms with Crippen molar-refractivity contribution in [3.63, 3.8) is 0 Å². The third kappa shape index (κ3) is 4.40. The van der Waals surface area contributed by atoms with Gasteiger partial charge in [-0.2, -0.15) is 0 Å². The molecule has 0 bridgehead atoms. The molecule has 8 nitrogen and oxygen atoms in total. The van der Waals surface area contributed by atoms with Crippen molar-refractivity contribution in [1.82, 2.24) is 19.2 Å². The summed E-state index contributed by atoms with van der Waals surface area (Å²) >= 11 is 0. The first kappa shape index (κ1) is 20.3. The highest BCUT2D eigenvalue weighted by atomic mass is 32.2. The van der Waals surface area contributed by atoms with Crippen LogP contribution in [0.1, 0.15) is 25.6 Å². The molecule has 3 N–H and O–H groups in total. The van der Waals surface area contributed by atoms with Crippen molar-refractivity contribution in [2.75, 3.05) is 27.2 Å². The average Bonchev–Trinajstić information content (AvgIpc) is 2.96. The monoisotopic (exact) mass is 381 g/mol. The van der Waals surface area contributed by atoms with E-state index in [2.05, 4.69) is 10.3 Å². The van der Waals surface area contributed by atoms with Crippen LogP contribution in [0.15, 0.2) is 23.1 Å². The number of carbonyl (C=O) groups is 1. The number of nitrogens with two attached hydrogens (primary N) is 1. The molecule has 26 heavy (non-hydrogen) atoms. The number of amides is 1. The van der Waals surface area contributed by atoms with Gasteiger partial charge in [-0.15, -0.1) is 0 Å². The van der Waals surface area contributed by atoms with Gasteiger partial charge in [0.2, 0.25) is 15.9 Å². The largest absolute Gasteiger partial charge is 0.356 e. The lowest BCUT2D eigenvalue weighted by Gasteiger charge is -2.11. The summed E-state index contributed by atoms with van der Waals surface area (Å²) in [4.78, 5) is 16.7. The molecule has 0 saturated carbocycles. The molecule has 144 valence electrons. The Kier molecular flexibility index (Phi) is 6.74. The van der Waals surface area contributed by atoms with Gasteiger partial charge in [-0.1, -0.05) is 0 Å². The van der Waals surface area contributed by atoms with Crippen molar-refractivity contribution in [1.29, 1.82) is 0 Å². The zero-order valence-corrected chi connectivity index (χ0v) is 16.3. The Hall–Kier alpha value is -1.97. The number of imidazole rings is 1. The molecule has 0 saturated heterocycles. The van der Waals surface area contributed by atoms with E-state index >= 15 is 0 Å². The Bertz CT molecular complexity index is 874. The second kappa shape index (κ2) is 8.61. The third-order valence-electron chi connectivity index (χ3n) is 4.17. The summed E-state index contributed by atoms with van der Waals surface area (Å²) in [5, 5.41) is 2.83. The molecule has 9 heteroatoms. The number of aromatic nitrogens is 2. The quantitative estimate of drug-likeness (QED) is 0.622. The van der Waals surface area contributed by atoms with Crippen molar-refractivity contribution >= 4 is 27.0 Å². The number of fused-ring (bicyclic) bond motifs is 1. The molecule has 0 aliphatic carbocycles. The first-order valence-corrected chi connectivity index (χ1v) is 10.1. The van der Waals surface area contributed by atoms with E-state index in [0.717, 1.165) is 17.8 Å². The number of sulfonamides is 1. The number of benzene rings is 1. The molecule has 0 unspecified atom stereocenters. The molecular formula is C17H27N5O3S. The molecule has 1 aromatic carbocycles. The number of aryl methyl sites for hydroxylation is 2. The van der Waals surface area contributed by atoms with Gasteiger partial charge in [0, 0.05) is 40.0 Å². The van der Waals surface area contributed by atoms with Gasteiger partial charge in [-0.3, -0.25) is 4.79 Å². The van der Waals surface area contributed by atoms with Gasteiger partial charge in [0.1, 0.15) is 5.82 Å². The van der Waals surface area contributed by atoms with Crippen LogP contribution in [0.5, 0.6) is 0 Å². The maximum Gasteiger partial charge on any atom is 0.242 e. The summed E-state index contributed by atoms with van der Waals surface area (Å²) in [7, 11) is -0.510. The van der Waals surface area contributed by atoms with Crippen LogP contribution >= 0.6 is 0 Å². The predicted molar refractivity (Wildman–Crippen MR) is 101 cm³/mol. The van der Waals surface area contributed by atoms with Crippen LogP contribution in [0, 0.1) is 0 Å². The zero-order chi connectivity index (χ0) is 19.3. The van der Waals surface area contributed by atoms with Crippen molar-refractivity contribution < 1.29 is 13.2 Å². The maximum atomic E-state index is 12.3. The molecule has 0 radical (unpaired) electrons. The second-order valence-corrected chi connectivity index (χ2v) is 8.35. The predicted octanol–water partition coefficient (Wildman–Crippen LogP) is 0.704. The van der Waals surface area contributed by atoms with Crippen LogP contribution in [-0.4, -0.2) is 55.4 Å². The zero-order valence-electron chi connectivity index (χ0n) is 15.5. The molecule has 0 fully saturated rings. The Balaban J connectivity index is 2.24. The van der Waals surface area contributed by atoms with Crippen molar-refractivity contribution in [2.24, 2.45) is 5.73 Å². The highest BCUT2D eigenvalue weighted by Gasteiger charge is 2.19. The van der Waals surface area contributed by atoms with Crippen LogP contribution in [0.25, 0.3) is 11.0 Å². The molecule has 2 aromatic rings. The standard InChI is InChI=1S/C17H27N5O3S/c1-4-22-15-7-6-13(26(24,25)21(2)3)12-14(15)20-16(22)8-9-17(23)19-11-5-10-18/h6-7,12H,4-5,8-11,18H2,1-3H3,(H,19,23). The van der Waals surface area contributed by atoms with E-state index in [9.17, 15) is 13.2 Å². The van der Waals surface area contributed by atoms with Crippen LogP contribution in [0.2, 0.25) is 0 Å². The topological polar surface area (TPSA) is 110 Å². The van der Waals surface area contributed by atoms with Gasteiger partial charge < -0.3 is 15.6 Å². The Morgan fingerprint density at radius 2 is 2.08 bits per heavy atom. The van der Waals surface area contributed by atoms with Crippen LogP contribution in [0.4, 0.5) is 0 Å². The summed E-state index contributed by atoms with van der Waals surface area (Å²) in [6.07, 6.45) is 1.58. The van der Waals surface area contributed by atoms with E-state index in [1.807, 2.05) is 11.5 Å². The first-order chi connectivity index (χ1) is 12.3. The van der Waals surface area contributed by atoms with Gasteiger partial charge in [0.05, 0.1) is 15.9 Å². The molecular weight excluding hydrogens is 354 g/mol. The molecule has 0 atom stereocenters. The Morgan fingerprint density at radius 1 is 1.35 bits per heavy atom. The number of hydrogen-bond donors (Lipinski definition) is 2. The van der Waals surface area contributed by atoms with E-state index in [1.165, 1.54) is 18.4 Å². The van der Waals surface area contributed by atoms with Gasteiger partial charge in [-0.25, -0.2) is 17.7 Å². The third-order valence-corrected chi connectivity index (χ3v) is 5.98. The fourth-order valence-corrected chi connectivity index (χ4v) is 3.64. The van der Waals surface area contributed by atoms with E-state index < -0.39 is 10.0 Å². The van der Waals surface area contributed by atoms with Gasteiger partial charge >= 0.3 is 0 Å². The van der Waals surface area contributed by atoms with Crippen molar-refractivity contribution in [3.8, 4) is 0 Å². The van der Waals surface area contributed by atoms with Crippen LogP contribution in [-0.2, 0) is 27.8 Å². The lowest BCUT2D eigenvalue weighted by molar-refractivity contribution is -0.121. The van der Waals surface area contributed by atoms with Gasteiger partial charge in [0.15, 0.2) is 0 Å². The molecule has 0 aliphatic rings. The normalized spacial score (nSPS) is 12.0. The molecule has 2 rings (SSSR count). The van der Waals surface area contributed by atoms with E-state index in [-0.39, 0.29) is 10.8 Å². The molecule has 0 aliphatic heterocycles. The van der Waals surface area contributed by atoms with Crippen molar-refractivity contribution in [3.05, 3.63) is 24.0 Å². The number of rotatable bonds is 9. The number of nitrogens with one attached hydrogen (secondary N) is 1. The van der Waals surface area contributed by atoms with E-state index in [1.54, 1.807) is 18.2 Å². The SMILES string of the molecule is CCn1c(CCC(=O)NCCCN)nc2cc(S(=O)(=O)N(C)C)ccc21. The highest BCUT2D eigenvalue weighted by Crippen LogP contribution is 2.22. The summed E-state index contributed by atoms with van der Waals surface area (Å²) in [5.74, 6) is 0.736. The summed E-state index contributed by atoms with van der Waals surface area (Å²) in [5.41, 5.74) is 6.90. The van der Waals surface area contributed by atoms with Crippen LogP contribution in [0.3, 0.4) is 0 Å². The van der Waals surface area contributed by atoms with E-state index in [0.29, 0.717) is 38.0 Å². The lowest BCUT2D eigenvalue weighted by atomic mass is 10.2. The molecule has 1 aromatic heterocycles. The minimum absolute atomic E-state index is 0.0379. The number of carbonyl (C=O) groups excluding carboxylic acids is 1. The molecule has 1 heterocycles. The lowest BCUT2D eigenvalue weighted by Crippen LogP contribution is -2.26. The minimum atomic E-state index is -3.51. The van der Waals surface area contributed by atoms with E-state index in [4.69, 9.17) is 5.73 Å². The fourth-order valence-electron chi connectivity index (χ4n) is 2.72. The van der Waals surface area contributed by atoms with Gasteiger partial charge in [-0.05, 0) is 38.1 Å². The minimum Gasteiger partial charge on any atom is -0.356 e. The Labute approximate surface area is 154 Å². The highest BCUT2D eigenvalue weighted by molar-refractivity contribution is 7.89. The second-order valence-electron chi connectivity index (χ2n) is 6.20. The smallest absolute Gasteiger partial charge is 0.242 e. The van der Waals surface area contributed by atoms with Crippen molar-refractivity contribution in [2.45, 2.75) is 37.6 Å². The molecule has 1 amide bonds. The number of nitrogens with zero attached hydrogens (tertiary/aromatic N) is 3. The first-order valence-electron chi connectivity index (χ1n) is 8.69. The average molecular weight is 382 g/mol. The Morgan fingerprint density at radius 3 is 2.69 bits per heavy atom.